The van der Waals surface area contributed by atoms with Crippen molar-refractivity contribution in [2.75, 3.05) is 39.3 Å². The summed E-state index contributed by atoms with van der Waals surface area (Å²) < 4.78 is 34.7. The number of nitrogens with zero attached hydrogens (tertiary/aromatic N) is 3. The molecule has 31 heavy (non-hydrogen) atoms. The average molecular weight is 446 g/mol. The van der Waals surface area contributed by atoms with Gasteiger partial charge in [0, 0.05) is 45.7 Å². The molecule has 2 aliphatic rings. The SMILES string of the molecule is CC1CN(S(=O)(=O)N2CCN(C(=O)CCc3ccc4ccccc4c3)CC2)CC(C)O1. The van der Waals surface area contributed by atoms with Crippen molar-refractivity contribution in [2.24, 2.45) is 0 Å². The summed E-state index contributed by atoms with van der Waals surface area (Å²) in [5.41, 5.74) is 1.14. The number of rotatable bonds is 5. The number of amides is 1. The molecule has 0 aliphatic carbocycles. The Kier molecular flexibility index (Phi) is 6.62. The zero-order valence-electron chi connectivity index (χ0n) is 18.2. The topological polar surface area (TPSA) is 70.2 Å². The van der Waals surface area contributed by atoms with Gasteiger partial charge < -0.3 is 9.64 Å². The second-order valence-electron chi connectivity index (χ2n) is 8.54. The summed E-state index contributed by atoms with van der Waals surface area (Å²) >= 11 is 0. The van der Waals surface area contributed by atoms with Gasteiger partial charge in [0.1, 0.15) is 0 Å². The van der Waals surface area contributed by atoms with E-state index in [1.807, 2.05) is 26.0 Å². The van der Waals surface area contributed by atoms with Gasteiger partial charge in [-0.05, 0) is 36.6 Å². The van der Waals surface area contributed by atoms with Crippen LogP contribution in [0.3, 0.4) is 0 Å². The van der Waals surface area contributed by atoms with Crippen molar-refractivity contribution < 1.29 is 17.9 Å². The van der Waals surface area contributed by atoms with Gasteiger partial charge >= 0.3 is 0 Å². The highest BCUT2D eigenvalue weighted by Gasteiger charge is 2.37. The summed E-state index contributed by atoms with van der Waals surface area (Å²) in [6.07, 6.45) is 0.892. The molecule has 168 valence electrons. The molecule has 1 amide bonds. The van der Waals surface area contributed by atoms with Gasteiger partial charge in [-0.25, -0.2) is 0 Å². The maximum atomic E-state index is 13.0. The summed E-state index contributed by atoms with van der Waals surface area (Å²) in [5, 5.41) is 2.37. The van der Waals surface area contributed by atoms with E-state index in [0.29, 0.717) is 52.1 Å². The van der Waals surface area contributed by atoms with Crippen molar-refractivity contribution in [1.29, 1.82) is 0 Å². The van der Waals surface area contributed by atoms with Gasteiger partial charge in [0.25, 0.3) is 10.2 Å². The van der Waals surface area contributed by atoms with Gasteiger partial charge in [-0.3, -0.25) is 4.79 Å². The van der Waals surface area contributed by atoms with E-state index in [9.17, 15) is 13.2 Å². The highest BCUT2D eigenvalue weighted by Crippen LogP contribution is 2.20. The zero-order chi connectivity index (χ0) is 22.0. The number of ether oxygens (including phenoxy) is 1. The summed E-state index contributed by atoms with van der Waals surface area (Å²) in [7, 11) is -3.53. The van der Waals surface area contributed by atoms with Crippen LogP contribution < -0.4 is 0 Å². The molecule has 2 aliphatic heterocycles. The first-order valence-corrected chi connectivity index (χ1v) is 12.4. The number of carbonyl (C=O) groups is 1. The Morgan fingerprint density at radius 3 is 2.26 bits per heavy atom. The monoisotopic (exact) mass is 445 g/mol. The Bertz CT molecular complexity index is 1020. The summed E-state index contributed by atoms with van der Waals surface area (Å²) in [5.74, 6) is 0.0822. The van der Waals surface area contributed by atoms with Crippen molar-refractivity contribution in [3.05, 3.63) is 48.0 Å². The minimum atomic E-state index is -3.53. The van der Waals surface area contributed by atoms with Crippen LogP contribution in [0.25, 0.3) is 10.8 Å². The highest BCUT2D eigenvalue weighted by atomic mass is 32.2. The van der Waals surface area contributed by atoms with Gasteiger partial charge in [-0.2, -0.15) is 17.0 Å². The zero-order valence-corrected chi connectivity index (χ0v) is 19.1. The van der Waals surface area contributed by atoms with Crippen LogP contribution in [0.4, 0.5) is 0 Å². The summed E-state index contributed by atoms with van der Waals surface area (Å²) in [4.78, 5) is 14.5. The van der Waals surface area contributed by atoms with Crippen molar-refractivity contribution in [2.45, 2.75) is 38.9 Å². The maximum absolute atomic E-state index is 13.0. The fourth-order valence-electron chi connectivity index (χ4n) is 4.45. The van der Waals surface area contributed by atoms with E-state index >= 15 is 0 Å². The third-order valence-corrected chi connectivity index (χ3v) is 8.04. The first-order valence-electron chi connectivity index (χ1n) is 11.0. The Balaban J connectivity index is 1.30. The van der Waals surface area contributed by atoms with Gasteiger partial charge in [0.15, 0.2) is 0 Å². The van der Waals surface area contributed by atoms with Crippen LogP contribution in [-0.2, 0) is 26.2 Å². The standard InChI is InChI=1S/C23H31N3O4S/c1-18-16-26(17-19(2)30-18)31(28,29)25-13-11-24(12-14-25)23(27)10-8-20-7-9-21-5-3-4-6-22(21)15-20/h3-7,9,15,18-19H,8,10-14,16-17H2,1-2H3. The molecule has 2 saturated heterocycles. The van der Waals surface area contributed by atoms with E-state index < -0.39 is 10.2 Å². The first kappa shape index (κ1) is 22.2. The second-order valence-corrected chi connectivity index (χ2v) is 10.5. The molecule has 2 heterocycles. The van der Waals surface area contributed by atoms with Gasteiger partial charge in [0.2, 0.25) is 5.91 Å². The quantitative estimate of drug-likeness (QED) is 0.708. The molecule has 0 spiro atoms. The highest BCUT2D eigenvalue weighted by molar-refractivity contribution is 7.86. The van der Waals surface area contributed by atoms with Crippen LogP contribution in [0.2, 0.25) is 0 Å². The number of fused-ring (bicyclic) bond motifs is 1. The molecule has 2 fully saturated rings. The molecule has 8 heteroatoms. The number of morpholine rings is 1. The molecule has 7 nitrogen and oxygen atoms in total. The van der Waals surface area contributed by atoms with Gasteiger partial charge in [-0.15, -0.1) is 0 Å². The normalized spacial score (nSPS) is 23.9. The second kappa shape index (κ2) is 9.24. The number of hydrogen-bond donors (Lipinski definition) is 0. The lowest BCUT2D eigenvalue weighted by molar-refractivity contribution is -0.132. The lowest BCUT2D eigenvalue weighted by Crippen LogP contribution is -2.57. The molecular weight excluding hydrogens is 414 g/mol. The fraction of sp³-hybridized carbons (Fsp3) is 0.522. The minimum Gasteiger partial charge on any atom is -0.373 e. The van der Waals surface area contributed by atoms with E-state index in [1.54, 1.807) is 4.90 Å². The summed E-state index contributed by atoms with van der Waals surface area (Å²) in [6, 6.07) is 14.5. The number of benzene rings is 2. The Hall–Kier alpha value is -2.00. The Morgan fingerprint density at radius 2 is 1.58 bits per heavy atom. The smallest absolute Gasteiger partial charge is 0.282 e. The van der Waals surface area contributed by atoms with Crippen LogP contribution in [0.5, 0.6) is 0 Å². The fourth-order valence-corrected chi connectivity index (χ4v) is 6.20. The molecule has 0 N–H and O–H groups in total. The van der Waals surface area contributed by atoms with Crippen molar-refractivity contribution in [1.82, 2.24) is 13.5 Å². The lowest BCUT2D eigenvalue weighted by Gasteiger charge is -2.40. The van der Waals surface area contributed by atoms with Gasteiger partial charge in [0.05, 0.1) is 12.2 Å². The van der Waals surface area contributed by atoms with Gasteiger partial charge in [-0.1, -0.05) is 42.5 Å². The van der Waals surface area contributed by atoms with E-state index in [1.165, 1.54) is 19.4 Å². The van der Waals surface area contributed by atoms with Crippen molar-refractivity contribution >= 4 is 26.9 Å². The average Bonchev–Trinajstić information content (AvgIpc) is 2.76. The predicted octanol–water partition coefficient (Wildman–Crippen LogP) is 2.27. The van der Waals surface area contributed by atoms with Crippen LogP contribution in [0.15, 0.2) is 42.5 Å². The number of hydrogen-bond acceptors (Lipinski definition) is 4. The lowest BCUT2D eigenvalue weighted by atomic mass is 10.0. The van der Waals surface area contributed by atoms with E-state index in [0.717, 1.165) is 5.56 Å². The Labute approximate surface area is 184 Å². The predicted molar refractivity (Wildman–Crippen MR) is 121 cm³/mol. The molecule has 2 atom stereocenters. The van der Waals surface area contributed by atoms with Crippen LogP contribution in [0.1, 0.15) is 25.8 Å². The van der Waals surface area contributed by atoms with E-state index in [-0.39, 0.29) is 18.1 Å². The molecular formula is C23H31N3O4S. The number of carbonyl (C=O) groups excluding carboxylic acids is 1. The largest absolute Gasteiger partial charge is 0.373 e. The summed E-state index contributed by atoms with van der Waals surface area (Å²) in [6.45, 7) is 6.08. The van der Waals surface area contributed by atoms with Crippen LogP contribution >= 0.6 is 0 Å². The first-order chi connectivity index (χ1) is 14.8. The molecule has 0 bridgehead atoms. The van der Waals surface area contributed by atoms with Crippen molar-refractivity contribution in [3.8, 4) is 0 Å². The number of aryl methyl sites for hydroxylation is 1. The molecule has 0 saturated carbocycles. The van der Waals surface area contributed by atoms with Crippen LogP contribution in [-0.4, -0.2) is 79.3 Å². The molecule has 2 unspecified atom stereocenters. The molecule has 2 aromatic carbocycles. The number of piperazine rings is 1. The molecule has 2 aromatic rings. The molecule has 0 aromatic heterocycles. The minimum absolute atomic E-state index is 0.0822. The third kappa shape index (κ3) is 5.09. The molecule has 4 rings (SSSR count). The maximum Gasteiger partial charge on any atom is 0.282 e. The van der Waals surface area contributed by atoms with E-state index in [4.69, 9.17) is 4.74 Å². The Morgan fingerprint density at radius 1 is 0.935 bits per heavy atom. The van der Waals surface area contributed by atoms with Crippen LogP contribution in [0, 0.1) is 0 Å². The van der Waals surface area contributed by atoms with E-state index in [2.05, 4.69) is 30.3 Å². The molecule has 0 radical (unpaired) electrons. The third-order valence-electron chi connectivity index (χ3n) is 6.07. The van der Waals surface area contributed by atoms with Crippen molar-refractivity contribution in [3.63, 3.8) is 0 Å².